The molecule has 9 aliphatic rings. The SMILES string of the molecule is C=CC(C)C1C2(C)C(C)C34CC5C(C)C6(C)C78CC(C)(C9CC(C3)C9(C(C)C57)C148)C26C. The number of fused-ring (bicyclic) bond motifs is 2. The normalized spacial score (nSPS) is 83.4. The van der Waals surface area contributed by atoms with Crippen molar-refractivity contribution in [3.8, 4) is 0 Å². The first-order chi connectivity index (χ1) is 14.4. The van der Waals surface area contributed by atoms with E-state index in [4.69, 9.17) is 0 Å². The summed E-state index contributed by atoms with van der Waals surface area (Å²) in [5.41, 5.74) is 4.58. The van der Waals surface area contributed by atoms with Crippen molar-refractivity contribution < 1.29 is 0 Å². The molecular formula is C31H44. The maximum Gasteiger partial charge on any atom is -0.00691 e. The van der Waals surface area contributed by atoms with Crippen molar-refractivity contribution in [2.45, 2.75) is 81.1 Å². The third-order valence-electron chi connectivity index (χ3n) is 18.4. The smallest absolute Gasteiger partial charge is 0.00691 e. The summed E-state index contributed by atoms with van der Waals surface area (Å²) in [6, 6.07) is 0. The van der Waals surface area contributed by atoms with Gasteiger partial charge in [-0.05, 0) is 122 Å². The molecule has 0 aromatic heterocycles. The van der Waals surface area contributed by atoms with Crippen LogP contribution in [0.15, 0.2) is 12.7 Å². The second-order valence-electron chi connectivity index (χ2n) is 16.0. The Balaban J connectivity index is 1.60. The molecule has 0 aromatic carbocycles. The van der Waals surface area contributed by atoms with Gasteiger partial charge >= 0.3 is 0 Å². The summed E-state index contributed by atoms with van der Waals surface area (Å²) >= 11 is 0. The fourth-order valence-corrected chi connectivity index (χ4v) is 18.9. The molecule has 0 heterocycles. The highest BCUT2D eigenvalue weighted by molar-refractivity contribution is 5.58. The lowest BCUT2D eigenvalue weighted by atomic mass is 9.30. The highest BCUT2D eigenvalue weighted by atomic mass is 15.1. The molecule has 17 unspecified atom stereocenters. The van der Waals surface area contributed by atoms with Crippen LogP contribution in [0.5, 0.6) is 0 Å². The van der Waals surface area contributed by atoms with E-state index >= 15 is 0 Å². The van der Waals surface area contributed by atoms with E-state index in [1.54, 1.807) is 25.7 Å². The first-order valence-corrected chi connectivity index (χ1v) is 14.1. The zero-order chi connectivity index (χ0) is 21.7. The first kappa shape index (κ1) is 18.1. The Labute approximate surface area is 190 Å². The highest BCUT2D eigenvalue weighted by Gasteiger charge is 3.11. The van der Waals surface area contributed by atoms with Gasteiger partial charge in [0.2, 0.25) is 0 Å². The van der Waals surface area contributed by atoms with E-state index < -0.39 is 0 Å². The lowest BCUT2D eigenvalue weighted by Gasteiger charge is -2.73. The Kier molecular flexibility index (Phi) is 2.26. The van der Waals surface area contributed by atoms with Gasteiger partial charge in [0.05, 0.1) is 0 Å². The van der Waals surface area contributed by atoms with Gasteiger partial charge in [-0.1, -0.05) is 61.5 Å². The van der Waals surface area contributed by atoms with E-state index in [1.807, 2.05) is 0 Å². The zero-order valence-corrected chi connectivity index (χ0v) is 21.3. The minimum absolute atomic E-state index is 0.456. The van der Waals surface area contributed by atoms with E-state index in [1.165, 1.54) is 0 Å². The van der Waals surface area contributed by atoms with E-state index in [0.717, 1.165) is 47.3 Å². The van der Waals surface area contributed by atoms with Crippen molar-refractivity contribution in [2.75, 3.05) is 0 Å². The summed E-state index contributed by atoms with van der Waals surface area (Å²) < 4.78 is 0. The Morgan fingerprint density at radius 3 is 2.39 bits per heavy atom. The minimum atomic E-state index is 0.456. The molecule has 0 radical (unpaired) electrons. The second kappa shape index (κ2) is 3.86. The van der Waals surface area contributed by atoms with Crippen molar-refractivity contribution in [3.05, 3.63) is 12.7 Å². The number of hydrogen-bond acceptors (Lipinski definition) is 0. The fourth-order valence-electron chi connectivity index (χ4n) is 18.9. The predicted octanol–water partition coefficient (Wildman–Crippen LogP) is 7.45. The largest absolute Gasteiger partial charge is 0.103 e. The molecule has 0 heteroatoms. The van der Waals surface area contributed by atoms with Crippen molar-refractivity contribution >= 4 is 0 Å². The molecular weight excluding hydrogens is 372 g/mol. The first-order valence-electron chi connectivity index (χ1n) is 14.1. The van der Waals surface area contributed by atoms with Crippen LogP contribution in [0.3, 0.4) is 0 Å². The monoisotopic (exact) mass is 416 g/mol. The Bertz CT molecular complexity index is 1040. The molecule has 9 saturated carbocycles. The third kappa shape index (κ3) is 0.886. The fraction of sp³-hybridized carbons (Fsp3) is 0.935. The summed E-state index contributed by atoms with van der Waals surface area (Å²) in [5, 5.41) is 0. The third-order valence-corrected chi connectivity index (χ3v) is 18.4. The molecule has 8 bridgehead atoms. The Hall–Kier alpha value is -0.260. The van der Waals surface area contributed by atoms with Crippen LogP contribution in [0.4, 0.5) is 0 Å². The average molecular weight is 417 g/mol. The van der Waals surface area contributed by atoms with E-state index in [0.29, 0.717) is 49.2 Å². The standard InChI is InChI=1S/C31H44/c1-10-15(2)23-25(7)18(5)28-12-19-11-21-24(6)14-29-22(17(4)30(19,21)31(23,28)29)20(13-28)16(3)26(29,8)27(24,25)9/h10,15-23H,1,11-14H2,2-9H3. The lowest BCUT2D eigenvalue weighted by molar-refractivity contribution is -0.266. The summed E-state index contributed by atoms with van der Waals surface area (Å²) in [6.45, 7) is 27.1. The van der Waals surface area contributed by atoms with Crippen LogP contribution in [0, 0.1) is 96.6 Å². The highest BCUT2D eigenvalue weighted by Crippen LogP contribution is 3.15. The molecule has 0 saturated heterocycles. The average Bonchev–Trinajstić information content (AvgIpc) is 3.17. The van der Waals surface area contributed by atoms with Gasteiger partial charge in [-0.2, -0.15) is 0 Å². The molecule has 9 rings (SSSR count). The second-order valence-corrected chi connectivity index (χ2v) is 16.0. The topological polar surface area (TPSA) is 0 Å². The van der Waals surface area contributed by atoms with Crippen molar-refractivity contribution in [3.63, 3.8) is 0 Å². The van der Waals surface area contributed by atoms with E-state index in [-0.39, 0.29) is 0 Å². The van der Waals surface area contributed by atoms with Crippen LogP contribution in [0.25, 0.3) is 0 Å². The quantitative estimate of drug-likeness (QED) is 0.410. The zero-order valence-electron chi connectivity index (χ0n) is 21.3. The van der Waals surface area contributed by atoms with Crippen LogP contribution < -0.4 is 0 Å². The molecule has 9 aliphatic carbocycles. The van der Waals surface area contributed by atoms with Gasteiger partial charge in [-0.15, -0.1) is 6.58 Å². The van der Waals surface area contributed by atoms with Crippen molar-refractivity contribution in [1.82, 2.24) is 0 Å². The molecule has 9 fully saturated rings. The molecule has 3 spiro atoms. The van der Waals surface area contributed by atoms with Crippen molar-refractivity contribution in [1.29, 1.82) is 0 Å². The summed E-state index contributed by atoms with van der Waals surface area (Å²) in [7, 11) is 0. The molecule has 0 amide bonds. The van der Waals surface area contributed by atoms with Gasteiger partial charge in [0.15, 0.2) is 0 Å². The lowest BCUT2D eigenvalue weighted by Crippen LogP contribution is -2.69. The predicted molar refractivity (Wildman–Crippen MR) is 125 cm³/mol. The van der Waals surface area contributed by atoms with Gasteiger partial charge < -0.3 is 0 Å². The molecule has 0 N–H and O–H groups in total. The molecule has 168 valence electrons. The number of hydrogen-bond donors (Lipinski definition) is 0. The van der Waals surface area contributed by atoms with Crippen LogP contribution in [-0.2, 0) is 0 Å². The number of rotatable bonds is 2. The molecule has 0 aromatic rings. The number of allylic oxidation sites excluding steroid dienone is 1. The maximum atomic E-state index is 4.49. The maximum absolute atomic E-state index is 4.49. The van der Waals surface area contributed by atoms with Crippen LogP contribution in [0.1, 0.15) is 81.1 Å². The van der Waals surface area contributed by atoms with Crippen LogP contribution in [-0.4, -0.2) is 0 Å². The van der Waals surface area contributed by atoms with Gasteiger partial charge in [0, 0.05) is 0 Å². The van der Waals surface area contributed by atoms with Crippen LogP contribution >= 0.6 is 0 Å². The summed E-state index contributed by atoms with van der Waals surface area (Å²) in [6.07, 6.45) is 8.85. The molecule has 31 heavy (non-hydrogen) atoms. The Morgan fingerprint density at radius 2 is 1.71 bits per heavy atom. The minimum Gasteiger partial charge on any atom is -0.103 e. The molecule has 17 atom stereocenters. The molecule has 0 nitrogen and oxygen atoms in total. The van der Waals surface area contributed by atoms with Gasteiger partial charge in [0.25, 0.3) is 0 Å². The summed E-state index contributed by atoms with van der Waals surface area (Å²) in [5.74, 6) is 8.47. The van der Waals surface area contributed by atoms with Gasteiger partial charge in [0.1, 0.15) is 0 Å². The Morgan fingerprint density at radius 1 is 1.00 bits per heavy atom. The summed E-state index contributed by atoms with van der Waals surface area (Å²) in [4.78, 5) is 0. The van der Waals surface area contributed by atoms with Gasteiger partial charge in [-0.25, -0.2) is 0 Å². The van der Waals surface area contributed by atoms with Crippen LogP contribution in [0.2, 0.25) is 0 Å². The van der Waals surface area contributed by atoms with E-state index in [9.17, 15) is 0 Å². The molecule has 0 aliphatic heterocycles. The van der Waals surface area contributed by atoms with Gasteiger partial charge in [-0.3, -0.25) is 0 Å². The van der Waals surface area contributed by atoms with Crippen molar-refractivity contribution in [2.24, 2.45) is 96.6 Å². The van der Waals surface area contributed by atoms with E-state index in [2.05, 4.69) is 68.0 Å².